The molecule has 3 aromatic rings. The van der Waals surface area contributed by atoms with Crippen LogP contribution in [0.15, 0.2) is 77.7 Å². The van der Waals surface area contributed by atoms with Crippen molar-refractivity contribution in [2.75, 3.05) is 24.5 Å². The largest absolute Gasteiger partial charge is 0.497 e. The third-order valence-electron chi connectivity index (χ3n) is 6.41. The van der Waals surface area contributed by atoms with E-state index in [1.807, 2.05) is 39.0 Å². The van der Waals surface area contributed by atoms with Gasteiger partial charge in [-0.25, -0.2) is 8.42 Å². The van der Waals surface area contributed by atoms with Gasteiger partial charge in [-0.3, -0.25) is 13.9 Å². The first-order valence-electron chi connectivity index (χ1n) is 12.9. The molecular formula is C30H37N3O5S. The van der Waals surface area contributed by atoms with E-state index >= 15 is 0 Å². The molecule has 39 heavy (non-hydrogen) atoms. The van der Waals surface area contributed by atoms with Crippen LogP contribution in [0.2, 0.25) is 0 Å². The van der Waals surface area contributed by atoms with Crippen molar-refractivity contribution in [2.45, 2.75) is 51.6 Å². The zero-order chi connectivity index (χ0) is 28.6. The van der Waals surface area contributed by atoms with Crippen LogP contribution in [0.3, 0.4) is 0 Å². The van der Waals surface area contributed by atoms with Crippen LogP contribution in [0.5, 0.6) is 5.75 Å². The predicted octanol–water partition coefficient (Wildman–Crippen LogP) is 4.45. The number of anilines is 1. The standard InChI is InChI=1S/C30H37N3O5S/c1-6-18-31-30(35)24(4)32(20-25-12-14-27(38-5)15-13-25)29(34)21-33(26-9-7-8-23(3)19-26)39(36,37)28-16-10-22(2)11-17-28/h7-17,19,24H,6,18,20-21H2,1-5H3,(H,31,35)/t24-/m0/s1. The molecule has 0 fully saturated rings. The van der Waals surface area contributed by atoms with Crippen molar-refractivity contribution in [1.29, 1.82) is 0 Å². The number of nitrogens with one attached hydrogen (secondary N) is 1. The van der Waals surface area contributed by atoms with Crippen LogP contribution in [-0.4, -0.2) is 51.4 Å². The Morgan fingerprint density at radius 3 is 2.21 bits per heavy atom. The van der Waals surface area contributed by atoms with Gasteiger partial charge in [-0.1, -0.05) is 48.9 Å². The molecule has 0 aromatic heterocycles. The van der Waals surface area contributed by atoms with Gasteiger partial charge in [0.1, 0.15) is 18.3 Å². The molecule has 0 aliphatic rings. The molecule has 3 aromatic carbocycles. The molecule has 0 saturated heterocycles. The van der Waals surface area contributed by atoms with Crippen molar-refractivity contribution in [3.8, 4) is 5.75 Å². The fourth-order valence-electron chi connectivity index (χ4n) is 4.06. The molecule has 0 aliphatic carbocycles. The maximum Gasteiger partial charge on any atom is 0.264 e. The van der Waals surface area contributed by atoms with Gasteiger partial charge in [-0.05, 0) is 74.7 Å². The molecule has 0 unspecified atom stereocenters. The van der Waals surface area contributed by atoms with E-state index in [9.17, 15) is 18.0 Å². The molecule has 0 heterocycles. The summed E-state index contributed by atoms with van der Waals surface area (Å²) in [7, 11) is -2.52. The molecule has 0 spiro atoms. The topological polar surface area (TPSA) is 96.0 Å². The zero-order valence-corrected chi connectivity index (χ0v) is 24.0. The highest BCUT2D eigenvalue weighted by Crippen LogP contribution is 2.26. The lowest BCUT2D eigenvalue weighted by molar-refractivity contribution is -0.139. The molecule has 0 saturated carbocycles. The normalized spacial score (nSPS) is 11.9. The molecule has 0 aliphatic heterocycles. The third kappa shape index (κ3) is 7.60. The van der Waals surface area contributed by atoms with Crippen molar-refractivity contribution >= 4 is 27.5 Å². The van der Waals surface area contributed by atoms with Crippen LogP contribution >= 0.6 is 0 Å². The van der Waals surface area contributed by atoms with E-state index in [2.05, 4.69) is 5.32 Å². The predicted molar refractivity (Wildman–Crippen MR) is 153 cm³/mol. The Labute approximate surface area is 231 Å². The zero-order valence-electron chi connectivity index (χ0n) is 23.2. The number of benzene rings is 3. The van der Waals surface area contributed by atoms with Gasteiger partial charge in [-0.2, -0.15) is 0 Å². The summed E-state index contributed by atoms with van der Waals surface area (Å²) in [5.41, 5.74) is 2.93. The lowest BCUT2D eigenvalue weighted by Crippen LogP contribution is -2.51. The highest BCUT2D eigenvalue weighted by atomic mass is 32.2. The maximum absolute atomic E-state index is 13.9. The number of amides is 2. The Hall–Kier alpha value is -3.85. The summed E-state index contributed by atoms with van der Waals surface area (Å²) in [6, 6.07) is 19.9. The van der Waals surface area contributed by atoms with Crippen molar-refractivity contribution in [3.05, 3.63) is 89.5 Å². The van der Waals surface area contributed by atoms with Crippen LogP contribution in [0.1, 0.15) is 37.0 Å². The average Bonchev–Trinajstić information content (AvgIpc) is 2.93. The quantitative estimate of drug-likeness (QED) is 0.359. The second-order valence-electron chi connectivity index (χ2n) is 9.50. The smallest absolute Gasteiger partial charge is 0.264 e. The minimum absolute atomic E-state index is 0.0813. The number of carbonyl (C=O) groups excluding carboxylic acids is 2. The van der Waals surface area contributed by atoms with E-state index in [-0.39, 0.29) is 17.3 Å². The van der Waals surface area contributed by atoms with E-state index in [1.165, 1.54) is 17.0 Å². The molecule has 208 valence electrons. The van der Waals surface area contributed by atoms with Gasteiger partial charge < -0.3 is 15.0 Å². The Balaban J connectivity index is 2.01. The van der Waals surface area contributed by atoms with Gasteiger partial charge in [0, 0.05) is 13.1 Å². The summed E-state index contributed by atoms with van der Waals surface area (Å²) in [5.74, 6) is -0.135. The number of hydrogen-bond acceptors (Lipinski definition) is 5. The SMILES string of the molecule is CCCNC(=O)[C@H](C)N(Cc1ccc(OC)cc1)C(=O)CN(c1cccc(C)c1)S(=O)(=O)c1ccc(C)cc1. The number of carbonyl (C=O) groups is 2. The molecule has 9 heteroatoms. The molecule has 0 bridgehead atoms. The number of aryl methyl sites for hydroxylation is 2. The first kappa shape index (κ1) is 29.7. The van der Waals surface area contributed by atoms with Crippen molar-refractivity contribution in [3.63, 3.8) is 0 Å². The van der Waals surface area contributed by atoms with Gasteiger partial charge in [0.25, 0.3) is 10.0 Å². The first-order chi connectivity index (χ1) is 18.6. The lowest BCUT2D eigenvalue weighted by Gasteiger charge is -2.32. The Morgan fingerprint density at radius 2 is 1.62 bits per heavy atom. The first-order valence-corrected chi connectivity index (χ1v) is 14.4. The minimum atomic E-state index is -4.09. The summed E-state index contributed by atoms with van der Waals surface area (Å²) in [5, 5.41) is 2.84. The van der Waals surface area contributed by atoms with Gasteiger partial charge in [-0.15, -0.1) is 0 Å². The minimum Gasteiger partial charge on any atom is -0.497 e. The molecule has 3 rings (SSSR count). The number of rotatable bonds is 12. The molecule has 1 N–H and O–H groups in total. The fourth-order valence-corrected chi connectivity index (χ4v) is 5.46. The Bertz CT molecular complexity index is 1370. The van der Waals surface area contributed by atoms with Crippen LogP contribution in [-0.2, 0) is 26.2 Å². The van der Waals surface area contributed by atoms with Gasteiger partial charge in [0.05, 0.1) is 17.7 Å². The van der Waals surface area contributed by atoms with E-state index in [1.54, 1.807) is 56.5 Å². The molecule has 2 amide bonds. The second kappa shape index (κ2) is 13.3. The van der Waals surface area contributed by atoms with Crippen LogP contribution in [0.25, 0.3) is 0 Å². The second-order valence-corrected chi connectivity index (χ2v) is 11.4. The highest BCUT2D eigenvalue weighted by molar-refractivity contribution is 7.92. The van der Waals surface area contributed by atoms with Gasteiger partial charge >= 0.3 is 0 Å². The van der Waals surface area contributed by atoms with Crippen LogP contribution in [0, 0.1) is 13.8 Å². The maximum atomic E-state index is 13.9. The summed E-state index contributed by atoms with van der Waals surface area (Å²) in [6.07, 6.45) is 0.751. The van der Waals surface area contributed by atoms with Crippen LogP contribution < -0.4 is 14.4 Å². The highest BCUT2D eigenvalue weighted by Gasteiger charge is 2.32. The summed E-state index contributed by atoms with van der Waals surface area (Å²) >= 11 is 0. The number of hydrogen-bond donors (Lipinski definition) is 1. The molecular weight excluding hydrogens is 514 g/mol. The lowest BCUT2D eigenvalue weighted by atomic mass is 10.1. The van der Waals surface area contributed by atoms with Crippen molar-refractivity contribution in [1.82, 2.24) is 10.2 Å². The molecule has 8 nitrogen and oxygen atoms in total. The number of nitrogens with zero attached hydrogens (tertiary/aromatic N) is 2. The third-order valence-corrected chi connectivity index (χ3v) is 8.19. The summed E-state index contributed by atoms with van der Waals surface area (Å²) in [4.78, 5) is 28.3. The van der Waals surface area contributed by atoms with Gasteiger partial charge in [0.15, 0.2) is 0 Å². The van der Waals surface area contributed by atoms with E-state index in [4.69, 9.17) is 4.74 Å². The average molecular weight is 552 g/mol. The number of ether oxygens (including phenoxy) is 1. The number of sulfonamides is 1. The van der Waals surface area contributed by atoms with Crippen molar-refractivity contribution < 1.29 is 22.7 Å². The van der Waals surface area contributed by atoms with Crippen LogP contribution in [0.4, 0.5) is 5.69 Å². The summed E-state index contributed by atoms with van der Waals surface area (Å²) < 4.78 is 34.0. The fraction of sp³-hybridized carbons (Fsp3) is 0.333. The molecule has 0 radical (unpaired) electrons. The van der Waals surface area contributed by atoms with Crippen molar-refractivity contribution in [2.24, 2.45) is 0 Å². The Kier molecular flexibility index (Phi) is 10.1. The number of methoxy groups -OCH3 is 1. The monoisotopic (exact) mass is 551 g/mol. The molecule has 1 atom stereocenters. The van der Waals surface area contributed by atoms with E-state index in [0.29, 0.717) is 18.0 Å². The Morgan fingerprint density at radius 1 is 0.949 bits per heavy atom. The van der Waals surface area contributed by atoms with E-state index in [0.717, 1.165) is 27.4 Å². The van der Waals surface area contributed by atoms with E-state index < -0.39 is 28.5 Å². The van der Waals surface area contributed by atoms with Gasteiger partial charge in [0.2, 0.25) is 11.8 Å². The summed E-state index contributed by atoms with van der Waals surface area (Å²) in [6.45, 7) is 7.46.